The molecule has 0 spiro atoms. The Morgan fingerprint density at radius 3 is 2.55 bits per heavy atom. The van der Waals surface area contributed by atoms with Crippen LogP contribution in [0, 0.1) is 23.1 Å². The number of thiophene rings is 1. The van der Waals surface area contributed by atoms with Crippen LogP contribution in [-0.4, -0.2) is 32.0 Å². The smallest absolute Gasteiger partial charge is 0.280 e. The summed E-state index contributed by atoms with van der Waals surface area (Å²) < 4.78 is 12.9. The third kappa shape index (κ3) is 5.40. The van der Waals surface area contributed by atoms with Gasteiger partial charge in [-0.2, -0.15) is 5.26 Å². The van der Waals surface area contributed by atoms with Crippen molar-refractivity contribution in [3.63, 3.8) is 0 Å². The molecular formula is C21H24FN4O2S+. The van der Waals surface area contributed by atoms with E-state index in [0.717, 1.165) is 24.8 Å². The maximum atomic E-state index is 12.9. The third-order valence-electron chi connectivity index (χ3n) is 4.93. The summed E-state index contributed by atoms with van der Waals surface area (Å²) in [6, 6.07) is 7.75. The number of carbonyl (C=O) groups excluding carboxylic acids is 2. The van der Waals surface area contributed by atoms with Gasteiger partial charge in [-0.1, -0.05) is 6.92 Å². The van der Waals surface area contributed by atoms with E-state index in [-0.39, 0.29) is 30.7 Å². The number of rotatable bonds is 6. The number of halogens is 1. The van der Waals surface area contributed by atoms with E-state index < -0.39 is 0 Å². The monoisotopic (exact) mass is 415 g/mol. The molecule has 0 fully saturated rings. The molecule has 0 saturated carbocycles. The zero-order valence-electron chi connectivity index (χ0n) is 16.5. The average Bonchev–Trinajstić information content (AvgIpc) is 2.98. The number of carbonyl (C=O) groups is 2. The third-order valence-corrected chi connectivity index (χ3v) is 6.10. The molecule has 3 N–H and O–H groups in total. The number of fused-ring (bicyclic) bond motifs is 1. The predicted molar refractivity (Wildman–Crippen MR) is 111 cm³/mol. The van der Waals surface area contributed by atoms with Crippen LogP contribution in [0.15, 0.2) is 24.3 Å². The van der Waals surface area contributed by atoms with Gasteiger partial charge in [0.25, 0.3) is 11.8 Å². The van der Waals surface area contributed by atoms with Crippen molar-refractivity contribution in [3.8, 4) is 6.07 Å². The molecule has 3 rings (SSSR count). The summed E-state index contributed by atoms with van der Waals surface area (Å²) in [5.41, 5.74) is 2.16. The Labute approximate surface area is 173 Å². The Hall–Kier alpha value is -2.76. The zero-order chi connectivity index (χ0) is 21.0. The molecule has 152 valence electrons. The second kappa shape index (κ2) is 9.16. The van der Waals surface area contributed by atoms with Gasteiger partial charge < -0.3 is 15.5 Å². The first-order chi connectivity index (χ1) is 13.9. The standard InChI is InChI=1S/C21H23FN4O2S/c1-13-3-8-16-17(10-23)21(29-18(16)9-13)25-20(28)12-26(2)11-19(27)24-15-6-4-14(22)5-7-15/h4-7,13H,3,8-9,11-12H2,1-2H3,(H,24,27)(H,25,28)/p+1/t13-/m0/s1. The van der Waals surface area contributed by atoms with E-state index in [9.17, 15) is 19.2 Å². The minimum atomic E-state index is -0.371. The average molecular weight is 416 g/mol. The molecule has 0 radical (unpaired) electrons. The summed E-state index contributed by atoms with van der Waals surface area (Å²) in [6.45, 7) is 2.39. The van der Waals surface area contributed by atoms with Crippen LogP contribution in [0.3, 0.4) is 0 Å². The molecule has 29 heavy (non-hydrogen) atoms. The number of hydrogen-bond donors (Lipinski definition) is 3. The summed E-state index contributed by atoms with van der Waals surface area (Å²) in [5.74, 6) is -0.282. The van der Waals surface area contributed by atoms with Gasteiger partial charge in [-0.3, -0.25) is 9.59 Å². The Balaban J connectivity index is 1.54. The summed E-state index contributed by atoms with van der Waals surface area (Å²) in [4.78, 5) is 26.4. The van der Waals surface area contributed by atoms with Crippen LogP contribution in [0.1, 0.15) is 29.3 Å². The van der Waals surface area contributed by atoms with E-state index in [1.165, 1.54) is 40.5 Å². The van der Waals surface area contributed by atoms with Crippen LogP contribution < -0.4 is 15.5 Å². The van der Waals surface area contributed by atoms with Gasteiger partial charge in [0.1, 0.15) is 16.9 Å². The van der Waals surface area contributed by atoms with Crippen LogP contribution in [0.2, 0.25) is 0 Å². The highest BCUT2D eigenvalue weighted by Gasteiger charge is 2.25. The number of anilines is 2. The molecule has 2 atom stereocenters. The number of benzene rings is 1. The molecule has 8 heteroatoms. The van der Waals surface area contributed by atoms with Crippen molar-refractivity contribution in [1.82, 2.24) is 0 Å². The SMILES string of the molecule is C[C@H]1CCc2c(sc(NC(=O)C[NH+](C)CC(=O)Nc3ccc(F)cc3)c2C#N)C1. The van der Waals surface area contributed by atoms with Gasteiger partial charge >= 0.3 is 0 Å². The highest BCUT2D eigenvalue weighted by molar-refractivity contribution is 7.16. The normalized spacial score (nSPS) is 16.4. The zero-order valence-corrected chi connectivity index (χ0v) is 17.3. The highest BCUT2D eigenvalue weighted by Crippen LogP contribution is 2.39. The number of nitrogens with zero attached hydrogens (tertiary/aromatic N) is 1. The Morgan fingerprint density at radius 2 is 1.90 bits per heavy atom. The lowest BCUT2D eigenvalue weighted by Gasteiger charge is -2.17. The molecule has 2 amide bonds. The van der Waals surface area contributed by atoms with E-state index in [1.807, 2.05) is 0 Å². The van der Waals surface area contributed by atoms with Crippen molar-refractivity contribution < 1.29 is 18.9 Å². The second-order valence-electron chi connectivity index (χ2n) is 7.58. The molecular weight excluding hydrogens is 391 g/mol. The maximum absolute atomic E-state index is 12.9. The number of quaternary nitrogens is 1. The Morgan fingerprint density at radius 1 is 1.24 bits per heavy atom. The fourth-order valence-corrected chi connectivity index (χ4v) is 4.85. The molecule has 2 aromatic rings. The number of hydrogen-bond acceptors (Lipinski definition) is 4. The first kappa shape index (κ1) is 21.0. The Bertz CT molecular complexity index is 949. The van der Waals surface area contributed by atoms with Crippen molar-refractivity contribution >= 4 is 33.8 Å². The van der Waals surface area contributed by atoms with Crippen molar-refractivity contribution in [2.24, 2.45) is 5.92 Å². The van der Waals surface area contributed by atoms with E-state index in [4.69, 9.17) is 0 Å². The number of nitriles is 1. The van der Waals surface area contributed by atoms with Gasteiger partial charge in [-0.15, -0.1) is 11.3 Å². The van der Waals surface area contributed by atoms with E-state index in [0.29, 0.717) is 27.1 Å². The topological polar surface area (TPSA) is 86.4 Å². The van der Waals surface area contributed by atoms with Gasteiger partial charge in [-0.05, 0) is 55.0 Å². The van der Waals surface area contributed by atoms with Crippen LogP contribution in [0.25, 0.3) is 0 Å². The summed E-state index contributed by atoms with van der Waals surface area (Å²) in [6.07, 6.45) is 2.88. The van der Waals surface area contributed by atoms with E-state index in [2.05, 4.69) is 23.6 Å². The second-order valence-corrected chi connectivity index (χ2v) is 8.69. The van der Waals surface area contributed by atoms with E-state index >= 15 is 0 Å². The Kier molecular flexibility index (Phi) is 6.62. The number of nitrogens with one attached hydrogen (secondary N) is 3. The van der Waals surface area contributed by atoms with Crippen LogP contribution in [0.5, 0.6) is 0 Å². The minimum absolute atomic E-state index is 0.0916. The van der Waals surface area contributed by atoms with E-state index in [1.54, 1.807) is 7.05 Å². The molecule has 0 aliphatic heterocycles. The molecule has 0 saturated heterocycles. The lowest BCUT2D eigenvalue weighted by atomic mass is 9.89. The maximum Gasteiger partial charge on any atom is 0.280 e. The first-order valence-corrected chi connectivity index (χ1v) is 10.4. The van der Waals surface area contributed by atoms with Crippen molar-refractivity contribution in [2.45, 2.75) is 26.2 Å². The first-order valence-electron chi connectivity index (χ1n) is 9.57. The fraction of sp³-hybridized carbons (Fsp3) is 0.381. The molecule has 1 heterocycles. The molecule has 1 aromatic carbocycles. The van der Waals surface area contributed by atoms with Gasteiger partial charge in [0.2, 0.25) is 0 Å². The summed E-state index contributed by atoms with van der Waals surface area (Å²) in [7, 11) is 1.75. The predicted octanol–water partition coefficient (Wildman–Crippen LogP) is 1.98. The van der Waals surface area contributed by atoms with Gasteiger partial charge in [-0.25, -0.2) is 4.39 Å². The molecule has 0 bridgehead atoms. The molecule has 1 aliphatic carbocycles. The van der Waals surface area contributed by atoms with Crippen LogP contribution >= 0.6 is 11.3 Å². The van der Waals surface area contributed by atoms with Crippen LogP contribution in [-0.2, 0) is 22.4 Å². The molecule has 1 aromatic heterocycles. The highest BCUT2D eigenvalue weighted by atomic mass is 32.1. The number of amides is 2. The largest absolute Gasteiger partial charge is 0.322 e. The van der Waals surface area contributed by atoms with Crippen LogP contribution in [0.4, 0.5) is 15.1 Å². The lowest BCUT2D eigenvalue weighted by Crippen LogP contribution is -3.11. The summed E-state index contributed by atoms with van der Waals surface area (Å²) in [5, 5.41) is 15.7. The quantitative estimate of drug-likeness (QED) is 0.674. The molecule has 6 nitrogen and oxygen atoms in total. The van der Waals surface area contributed by atoms with Gasteiger partial charge in [0.05, 0.1) is 12.6 Å². The van der Waals surface area contributed by atoms with Crippen molar-refractivity contribution in [1.29, 1.82) is 5.26 Å². The van der Waals surface area contributed by atoms with Crippen molar-refractivity contribution in [3.05, 3.63) is 46.1 Å². The molecule has 1 unspecified atom stereocenters. The van der Waals surface area contributed by atoms with Crippen molar-refractivity contribution in [2.75, 3.05) is 30.8 Å². The molecule has 1 aliphatic rings. The number of likely N-dealkylation sites (N-methyl/N-ethyl adjacent to an activating group) is 1. The van der Waals surface area contributed by atoms with Gasteiger partial charge in [0.15, 0.2) is 13.1 Å². The summed E-state index contributed by atoms with van der Waals surface area (Å²) >= 11 is 1.49. The van der Waals surface area contributed by atoms with Gasteiger partial charge in [0, 0.05) is 10.6 Å². The fourth-order valence-electron chi connectivity index (χ4n) is 3.48. The lowest BCUT2D eigenvalue weighted by molar-refractivity contribution is -0.862. The minimum Gasteiger partial charge on any atom is -0.322 e.